The first-order chi connectivity index (χ1) is 15.9. The van der Waals surface area contributed by atoms with E-state index in [1.165, 1.54) is 30.0 Å². The molecule has 0 atom stereocenters. The molecule has 4 rings (SSSR count). The Balaban J connectivity index is 1.54. The number of nitrogens with one attached hydrogen (secondary N) is 1. The van der Waals surface area contributed by atoms with Crippen molar-refractivity contribution in [1.82, 2.24) is 19.3 Å². The highest BCUT2D eigenvalue weighted by atomic mass is 32.2. The van der Waals surface area contributed by atoms with Crippen molar-refractivity contribution in [2.75, 3.05) is 11.1 Å². The van der Waals surface area contributed by atoms with Crippen LogP contribution in [0.1, 0.15) is 17.1 Å². The van der Waals surface area contributed by atoms with Crippen LogP contribution in [0.5, 0.6) is 0 Å². The smallest absolute Gasteiger partial charge is 0.271 e. The summed E-state index contributed by atoms with van der Waals surface area (Å²) >= 11 is 1.26. The molecule has 2 aromatic carbocycles. The molecule has 10 heteroatoms. The first-order valence-corrected chi connectivity index (χ1v) is 11.2. The van der Waals surface area contributed by atoms with E-state index in [2.05, 4.69) is 15.5 Å². The first kappa shape index (κ1) is 22.3. The zero-order chi connectivity index (χ0) is 23.4. The van der Waals surface area contributed by atoms with Crippen molar-refractivity contribution in [3.63, 3.8) is 0 Å². The van der Waals surface area contributed by atoms with Crippen LogP contribution in [0, 0.1) is 17.0 Å². The lowest BCUT2D eigenvalue weighted by Crippen LogP contribution is -2.15. The number of aryl methyl sites for hydroxylation is 2. The lowest BCUT2D eigenvalue weighted by molar-refractivity contribution is -0.384. The predicted octanol–water partition coefficient (Wildman–Crippen LogP) is 4.14. The van der Waals surface area contributed by atoms with Crippen molar-refractivity contribution in [3.05, 3.63) is 94.1 Å². The van der Waals surface area contributed by atoms with Gasteiger partial charge in [-0.1, -0.05) is 35.5 Å². The number of amides is 1. The van der Waals surface area contributed by atoms with Gasteiger partial charge in [-0.15, -0.1) is 10.2 Å². The maximum atomic E-state index is 12.5. The van der Waals surface area contributed by atoms with Gasteiger partial charge in [-0.2, -0.15) is 0 Å². The minimum Gasteiger partial charge on any atom is -0.354 e. The number of rotatable bonds is 8. The average molecular weight is 463 g/mol. The summed E-state index contributed by atoms with van der Waals surface area (Å²) in [6.45, 7) is 2.02. The molecule has 9 nitrogen and oxygen atoms in total. The SMILES string of the molecule is Cc1ccc(-n2c(Cc3cccn3C)nnc2SCC(=O)Nc2cccc([N+](=O)[O-])c2)cc1. The van der Waals surface area contributed by atoms with Crippen LogP contribution < -0.4 is 5.32 Å². The molecular weight excluding hydrogens is 440 g/mol. The van der Waals surface area contributed by atoms with Gasteiger partial charge >= 0.3 is 0 Å². The molecule has 168 valence electrons. The second-order valence-electron chi connectivity index (χ2n) is 7.50. The van der Waals surface area contributed by atoms with Gasteiger partial charge in [-0.25, -0.2) is 0 Å². The van der Waals surface area contributed by atoms with E-state index in [4.69, 9.17) is 0 Å². The molecule has 33 heavy (non-hydrogen) atoms. The van der Waals surface area contributed by atoms with Gasteiger partial charge in [0.15, 0.2) is 5.16 Å². The van der Waals surface area contributed by atoms with Crippen LogP contribution in [0.25, 0.3) is 5.69 Å². The summed E-state index contributed by atoms with van der Waals surface area (Å²) in [6, 6.07) is 17.9. The molecule has 0 aliphatic carbocycles. The monoisotopic (exact) mass is 462 g/mol. The van der Waals surface area contributed by atoms with Crippen LogP contribution in [0.4, 0.5) is 11.4 Å². The van der Waals surface area contributed by atoms with Crippen molar-refractivity contribution in [2.24, 2.45) is 7.05 Å². The Morgan fingerprint density at radius 3 is 2.61 bits per heavy atom. The quantitative estimate of drug-likeness (QED) is 0.239. The molecule has 0 aliphatic rings. The number of anilines is 1. The Bertz CT molecular complexity index is 1300. The highest BCUT2D eigenvalue weighted by Gasteiger charge is 2.17. The van der Waals surface area contributed by atoms with Crippen LogP contribution in [-0.2, 0) is 18.3 Å². The van der Waals surface area contributed by atoms with Gasteiger partial charge in [0.1, 0.15) is 5.82 Å². The van der Waals surface area contributed by atoms with E-state index in [9.17, 15) is 14.9 Å². The third-order valence-electron chi connectivity index (χ3n) is 5.06. The average Bonchev–Trinajstić information content (AvgIpc) is 3.39. The second-order valence-corrected chi connectivity index (χ2v) is 8.44. The molecule has 2 aromatic heterocycles. The normalized spacial score (nSPS) is 10.8. The van der Waals surface area contributed by atoms with E-state index in [1.54, 1.807) is 6.07 Å². The Labute approximate surface area is 194 Å². The summed E-state index contributed by atoms with van der Waals surface area (Å²) in [6.07, 6.45) is 2.57. The first-order valence-electron chi connectivity index (χ1n) is 10.2. The van der Waals surface area contributed by atoms with Crippen LogP contribution in [-0.4, -0.2) is 35.9 Å². The van der Waals surface area contributed by atoms with Crippen molar-refractivity contribution >= 4 is 29.0 Å². The molecule has 2 heterocycles. The topological polar surface area (TPSA) is 108 Å². The summed E-state index contributed by atoms with van der Waals surface area (Å²) in [5, 5.41) is 23.0. The van der Waals surface area contributed by atoms with E-state index >= 15 is 0 Å². The lowest BCUT2D eigenvalue weighted by atomic mass is 10.2. The van der Waals surface area contributed by atoms with Gasteiger partial charge in [-0.05, 0) is 37.3 Å². The number of thioether (sulfide) groups is 1. The van der Waals surface area contributed by atoms with Crippen LogP contribution in [0.3, 0.4) is 0 Å². The minimum atomic E-state index is -0.497. The fourth-order valence-corrected chi connectivity index (χ4v) is 4.10. The molecule has 0 saturated heterocycles. The number of hydrogen-bond acceptors (Lipinski definition) is 6. The van der Waals surface area contributed by atoms with Gasteiger partial charge in [0, 0.05) is 48.9 Å². The molecule has 0 radical (unpaired) electrons. The zero-order valence-corrected chi connectivity index (χ0v) is 19.0. The molecular formula is C23H22N6O3S. The molecule has 0 bridgehead atoms. The Morgan fingerprint density at radius 1 is 1.12 bits per heavy atom. The lowest BCUT2D eigenvalue weighted by Gasteiger charge is -2.11. The number of carbonyl (C=O) groups is 1. The van der Waals surface area contributed by atoms with Crippen LogP contribution in [0.15, 0.2) is 72.0 Å². The van der Waals surface area contributed by atoms with Crippen molar-refractivity contribution < 1.29 is 9.72 Å². The Kier molecular flexibility index (Phi) is 6.55. The minimum absolute atomic E-state index is 0.0788. The molecule has 1 amide bonds. The molecule has 1 N–H and O–H groups in total. The number of benzene rings is 2. The van der Waals surface area contributed by atoms with Crippen molar-refractivity contribution in [2.45, 2.75) is 18.5 Å². The molecule has 0 fully saturated rings. The van der Waals surface area contributed by atoms with Crippen LogP contribution in [0.2, 0.25) is 0 Å². The highest BCUT2D eigenvalue weighted by Crippen LogP contribution is 2.24. The second kappa shape index (κ2) is 9.70. The van der Waals surface area contributed by atoms with Gasteiger partial charge < -0.3 is 9.88 Å². The molecule has 0 unspecified atom stereocenters. The van der Waals surface area contributed by atoms with Crippen LogP contribution >= 0.6 is 11.8 Å². The molecule has 0 spiro atoms. The summed E-state index contributed by atoms with van der Waals surface area (Å²) in [7, 11) is 1.98. The van der Waals surface area contributed by atoms with Gasteiger partial charge in [0.25, 0.3) is 5.69 Å². The van der Waals surface area contributed by atoms with Crippen molar-refractivity contribution in [1.29, 1.82) is 0 Å². The number of hydrogen-bond donors (Lipinski definition) is 1. The molecule has 0 saturated carbocycles. The summed E-state index contributed by atoms with van der Waals surface area (Å²) in [5.41, 5.74) is 3.44. The summed E-state index contributed by atoms with van der Waals surface area (Å²) < 4.78 is 3.99. The van der Waals surface area contributed by atoms with Gasteiger partial charge in [0.05, 0.1) is 10.7 Å². The van der Waals surface area contributed by atoms with E-state index < -0.39 is 4.92 Å². The van der Waals surface area contributed by atoms with E-state index in [1.807, 2.05) is 65.7 Å². The fourth-order valence-electron chi connectivity index (χ4n) is 3.33. The fraction of sp³-hybridized carbons (Fsp3) is 0.174. The zero-order valence-electron chi connectivity index (χ0n) is 18.1. The van der Waals surface area contributed by atoms with E-state index in [0.29, 0.717) is 17.3 Å². The third kappa shape index (κ3) is 5.29. The number of nitro groups is 1. The van der Waals surface area contributed by atoms with Gasteiger partial charge in [0.2, 0.25) is 5.91 Å². The number of aromatic nitrogens is 4. The Morgan fingerprint density at radius 2 is 1.91 bits per heavy atom. The maximum Gasteiger partial charge on any atom is 0.271 e. The van der Waals surface area contributed by atoms with Crippen molar-refractivity contribution in [3.8, 4) is 5.69 Å². The standard InChI is InChI=1S/C23H22N6O3S/c1-16-8-10-18(11-9-16)28-21(14-19-7-4-12-27(19)2)25-26-23(28)33-15-22(30)24-17-5-3-6-20(13-17)29(31)32/h3-13H,14-15H2,1-2H3,(H,24,30). The number of non-ortho nitro benzene ring substituents is 1. The largest absolute Gasteiger partial charge is 0.354 e. The maximum absolute atomic E-state index is 12.5. The van der Waals surface area contributed by atoms with E-state index in [-0.39, 0.29) is 17.3 Å². The predicted molar refractivity (Wildman–Crippen MR) is 127 cm³/mol. The number of carbonyl (C=O) groups excluding carboxylic acids is 1. The molecule has 4 aromatic rings. The highest BCUT2D eigenvalue weighted by molar-refractivity contribution is 7.99. The van der Waals surface area contributed by atoms with Gasteiger partial charge in [-0.3, -0.25) is 19.5 Å². The number of nitro benzene ring substituents is 1. The Hall–Kier alpha value is -3.92. The number of nitrogens with zero attached hydrogens (tertiary/aromatic N) is 5. The summed E-state index contributed by atoms with van der Waals surface area (Å²) in [5.74, 6) is 0.557. The summed E-state index contributed by atoms with van der Waals surface area (Å²) in [4.78, 5) is 23.0. The van der Waals surface area contributed by atoms with E-state index in [0.717, 1.165) is 22.8 Å². The third-order valence-corrected chi connectivity index (χ3v) is 5.99. The molecule has 0 aliphatic heterocycles.